The van der Waals surface area contributed by atoms with Gasteiger partial charge in [-0.25, -0.2) is 17.5 Å². The Balaban J connectivity index is 1.53. The second-order valence-corrected chi connectivity index (χ2v) is 10.9. The summed E-state index contributed by atoms with van der Waals surface area (Å²) >= 11 is 6.07. The van der Waals surface area contributed by atoms with Crippen molar-refractivity contribution in [3.05, 3.63) is 83.1 Å². The molecule has 1 aliphatic rings. The fourth-order valence-corrected chi connectivity index (χ4v) is 6.69. The van der Waals surface area contributed by atoms with Gasteiger partial charge in [-0.15, -0.1) is 5.10 Å². The average Bonchev–Trinajstić information content (AvgIpc) is 3.53. The van der Waals surface area contributed by atoms with Crippen molar-refractivity contribution < 1.29 is 17.6 Å². The molecule has 11 heteroatoms. The number of halogens is 2. The number of carbonyl (C=O) groups excluding carboxylic acids is 1. The van der Waals surface area contributed by atoms with E-state index in [-0.39, 0.29) is 28.7 Å². The van der Waals surface area contributed by atoms with Gasteiger partial charge in [0.1, 0.15) is 24.0 Å². The molecule has 0 bridgehead atoms. The summed E-state index contributed by atoms with van der Waals surface area (Å²) in [5, 5.41) is 8.38. The molecule has 2 heterocycles. The van der Waals surface area contributed by atoms with Crippen LogP contribution >= 0.6 is 11.6 Å². The number of para-hydroxylation sites is 2. The van der Waals surface area contributed by atoms with E-state index in [2.05, 4.69) is 10.3 Å². The second kappa shape index (κ2) is 9.61. The highest BCUT2D eigenvalue weighted by atomic mass is 35.5. The van der Waals surface area contributed by atoms with Crippen LogP contribution in [0.4, 0.5) is 10.1 Å². The van der Waals surface area contributed by atoms with Gasteiger partial charge in [0.2, 0.25) is 15.9 Å². The van der Waals surface area contributed by atoms with Gasteiger partial charge in [-0.3, -0.25) is 9.69 Å². The molecule has 36 heavy (non-hydrogen) atoms. The lowest BCUT2D eigenvalue weighted by Crippen LogP contribution is -2.48. The Morgan fingerprint density at radius 1 is 1.14 bits per heavy atom. The molecule has 1 atom stereocenters. The summed E-state index contributed by atoms with van der Waals surface area (Å²) in [7, 11) is -4.19. The van der Waals surface area contributed by atoms with Crippen LogP contribution in [-0.4, -0.2) is 46.2 Å². The second-order valence-electron chi connectivity index (χ2n) is 8.61. The van der Waals surface area contributed by atoms with Gasteiger partial charge in [0.15, 0.2) is 0 Å². The Morgan fingerprint density at radius 3 is 2.64 bits per heavy atom. The predicted octanol–water partition coefficient (Wildman–Crippen LogP) is 4.38. The zero-order valence-corrected chi connectivity index (χ0v) is 21.0. The number of amides is 1. The van der Waals surface area contributed by atoms with Crippen LogP contribution in [0.1, 0.15) is 18.4 Å². The lowest BCUT2D eigenvalue weighted by molar-refractivity contribution is -0.122. The molecule has 0 N–H and O–H groups in total. The number of rotatable bonds is 6. The number of nitrogens with zero attached hydrogens (tertiary/aromatic N) is 5. The molecule has 5 rings (SSSR count). The van der Waals surface area contributed by atoms with Gasteiger partial charge in [0.25, 0.3) is 0 Å². The largest absolute Gasteiger partial charge is 0.291 e. The van der Waals surface area contributed by atoms with Crippen LogP contribution in [0.2, 0.25) is 5.02 Å². The van der Waals surface area contributed by atoms with Crippen LogP contribution < -0.4 is 4.90 Å². The van der Waals surface area contributed by atoms with Gasteiger partial charge in [0.05, 0.1) is 10.4 Å². The third-order valence-corrected chi connectivity index (χ3v) is 8.79. The monoisotopic (exact) mass is 527 g/mol. The molecule has 186 valence electrons. The Bertz CT molecular complexity index is 1540. The van der Waals surface area contributed by atoms with Gasteiger partial charge in [-0.05, 0) is 61.7 Å². The standard InChI is InChI=1S/C25H23ClFN5O3S/c1-17-20(26)14-18(27)15-24(17)36(34,35)32-13-7-12-23(32)25(33)30(19-8-3-2-4-9-19)16-31-22-11-6-5-10-21(22)28-29-31/h2-6,8-11,14-15,23H,7,12-13,16H2,1H3/t23-/m0/s1. The van der Waals surface area contributed by atoms with E-state index < -0.39 is 27.8 Å². The maximum atomic E-state index is 14.1. The van der Waals surface area contributed by atoms with Crippen molar-refractivity contribution in [2.45, 2.75) is 37.4 Å². The van der Waals surface area contributed by atoms with Crippen molar-refractivity contribution in [3.63, 3.8) is 0 Å². The molecule has 1 saturated heterocycles. The quantitative estimate of drug-likeness (QED) is 0.371. The van der Waals surface area contributed by atoms with Crippen molar-refractivity contribution in [2.24, 2.45) is 0 Å². The van der Waals surface area contributed by atoms with E-state index in [4.69, 9.17) is 11.6 Å². The molecule has 1 amide bonds. The van der Waals surface area contributed by atoms with Crippen LogP contribution in [0.25, 0.3) is 11.0 Å². The number of benzene rings is 3. The molecular weight excluding hydrogens is 505 g/mol. The minimum Gasteiger partial charge on any atom is -0.291 e. The molecule has 0 unspecified atom stereocenters. The van der Waals surface area contributed by atoms with Crippen molar-refractivity contribution in [3.8, 4) is 0 Å². The van der Waals surface area contributed by atoms with Crippen molar-refractivity contribution >= 4 is 44.3 Å². The van der Waals surface area contributed by atoms with Gasteiger partial charge in [-0.1, -0.05) is 47.1 Å². The topological polar surface area (TPSA) is 88.4 Å². The summed E-state index contributed by atoms with van der Waals surface area (Å²) in [6, 6.07) is 17.4. The van der Waals surface area contributed by atoms with Crippen LogP contribution in [0.5, 0.6) is 0 Å². The zero-order chi connectivity index (χ0) is 25.4. The maximum Gasteiger partial charge on any atom is 0.246 e. The fourth-order valence-electron chi connectivity index (χ4n) is 4.51. The van der Waals surface area contributed by atoms with Crippen molar-refractivity contribution in [2.75, 3.05) is 11.4 Å². The number of hydrogen-bond acceptors (Lipinski definition) is 5. The minimum atomic E-state index is -4.19. The molecule has 8 nitrogen and oxygen atoms in total. The smallest absolute Gasteiger partial charge is 0.246 e. The molecular formula is C25H23ClFN5O3S. The molecule has 4 aromatic rings. The van der Waals surface area contributed by atoms with E-state index in [1.54, 1.807) is 28.9 Å². The fraction of sp³-hybridized carbons (Fsp3) is 0.240. The summed E-state index contributed by atoms with van der Waals surface area (Å²) < 4.78 is 44.1. The molecule has 0 aliphatic carbocycles. The van der Waals surface area contributed by atoms with E-state index in [0.717, 1.165) is 22.0 Å². The van der Waals surface area contributed by atoms with Crippen LogP contribution in [0, 0.1) is 12.7 Å². The summed E-state index contributed by atoms with van der Waals surface area (Å²) in [6.45, 7) is 1.70. The molecule has 1 aromatic heterocycles. The number of sulfonamides is 1. The highest BCUT2D eigenvalue weighted by Gasteiger charge is 2.42. The highest BCUT2D eigenvalue weighted by Crippen LogP contribution is 2.33. The van der Waals surface area contributed by atoms with E-state index in [9.17, 15) is 17.6 Å². The van der Waals surface area contributed by atoms with E-state index >= 15 is 0 Å². The Kier molecular flexibility index (Phi) is 6.50. The Labute approximate surface area is 212 Å². The first-order chi connectivity index (χ1) is 17.3. The van der Waals surface area contributed by atoms with Crippen molar-refractivity contribution in [1.82, 2.24) is 19.3 Å². The first-order valence-electron chi connectivity index (χ1n) is 11.4. The van der Waals surface area contributed by atoms with Crippen LogP contribution in [0.15, 0.2) is 71.6 Å². The maximum absolute atomic E-state index is 14.1. The molecule has 0 saturated carbocycles. The van der Waals surface area contributed by atoms with Crippen molar-refractivity contribution in [1.29, 1.82) is 0 Å². The third kappa shape index (κ3) is 4.36. The average molecular weight is 528 g/mol. The normalized spacial score (nSPS) is 16.5. The summed E-state index contributed by atoms with van der Waals surface area (Å²) in [5.41, 5.74) is 2.26. The summed E-state index contributed by atoms with van der Waals surface area (Å²) in [6.07, 6.45) is 0.828. The van der Waals surface area contributed by atoms with Gasteiger partial charge in [-0.2, -0.15) is 4.31 Å². The Hall–Kier alpha value is -3.34. The van der Waals surface area contributed by atoms with Gasteiger partial charge >= 0.3 is 0 Å². The molecule has 0 spiro atoms. The first-order valence-corrected chi connectivity index (χ1v) is 13.2. The van der Waals surface area contributed by atoms with Crippen LogP contribution in [0.3, 0.4) is 0 Å². The van der Waals surface area contributed by atoms with Gasteiger partial charge < -0.3 is 0 Å². The van der Waals surface area contributed by atoms with Gasteiger partial charge in [0, 0.05) is 17.3 Å². The SMILES string of the molecule is Cc1c(Cl)cc(F)cc1S(=O)(=O)N1CCC[C@H]1C(=O)N(Cn1nnc2ccccc21)c1ccccc1. The minimum absolute atomic E-state index is 0.0135. The molecule has 0 radical (unpaired) electrons. The lowest BCUT2D eigenvalue weighted by Gasteiger charge is -2.30. The first kappa shape index (κ1) is 24.4. The van der Waals surface area contributed by atoms with E-state index in [0.29, 0.717) is 24.0 Å². The predicted molar refractivity (Wildman–Crippen MR) is 135 cm³/mol. The van der Waals surface area contributed by atoms with Crippen LogP contribution in [-0.2, 0) is 21.5 Å². The number of carbonyl (C=O) groups is 1. The molecule has 1 fully saturated rings. The van der Waals surface area contributed by atoms with E-state index in [1.165, 1.54) is 11.8 Å². The lowest BCUT2D eigenvalue weighted by atomic mass is 10.2. The summed E-state index contributed by atoms with van der Waals surface area (Å²) in [4.78, 5) is 15.2. The third-order valence-electron chi connectivity index (χ3n) is 6.37. The zero-order valence-electron chi connectivity index (χ0n) is 19.4. The summed E-state index contributed by atoms with van der Waals surface area (Å²) in [5.74, 6) is -1.16. The number of anilines is 1. The molecule has 3 aromatic carbocycles. The van der Waals surface area contributed by atoms with E-state index in [1.807, 2.05) is 30.3 Å². The number of aromatic nitrogens is 3. The number of fused-ring (bicyclic) bond motifs is 1. The Morgan fingerprint density at radius 2 is 1.86 bits per heavy atom. The molecule has 1 aliphatic heterocycles. The number of hydrogen-bond donors (Lipinski definition) is 0. The highest BCUT2D eigenvalue weighted by molar-refractivity contribution is 7.89.